The van der Waals surface area contributed by atoms with E-state index in [-0.39, 0.29) is 19.5 Å². The second-order valence-electron chi connectivity index (χ2n) is 12.3. The van der Waals surface area contributed by atoms with Crippen molar-refractivity contribution in [3.05, 3.63) is 0 Å². The molecule has 3 heterocycles. The van der Waals surface area contributed by atoms with Crippen molar-refractivity contribution in [1.29, 1.82) is 0 Å². The van der Waals surface area contributed by atoms with E-state index in [1.165, 1.54) is 0 Å². The van der Waals surface area contributed by atoms with Crippen molar-refractivity contribution < 1.29 is 64.2 Å². The Hall–Kier alpha value is -0.760. The Balaban J connectivity index is 1.50. The topological polar surface area (TPSA) is 330 Å². The zero-order valence-electron chi connectivity index (χ0n) is 24.7. The minimum atomic E-state index is -1.60. The molecule has 0 spiro atoms. The predicted molar refractivity (Wildman–Crippen MR) is 148 cm³/mol. The van der Waals surface area contributed by atoms with Gasteiger partial charge in [0.25, 0.3) is 0 Å². The van der Waals surface area contributed by atoms with Crippen LogP contribution >= 0.6 is 0 Å². The lowest BCUT2D eigenvalue weighted by molar-refractivity contribution is -0.308. The fourth-order valence-electron chi connectivity index (χ4n) is 6.06. The first-order chi connectivity index (χ1) is 20.7. The van der Waals surface area contributed by atoms with Gasteiger partial charge in [0.05, 0.1) is 24.8 Å². The van der Waals surface area contributed by atoms with Crippen LogP contribution in [0.5, 0.6) is 0 Å². The molecule has 0 amide bonds. The summed E-state index contributed by atoms with van der Waals surface area (Å²) in [7, 11) is 3.51. The monoisotopic (exact) mass is 642 g/mol. The largest absolute Gasteiger partial charge is 0.394 e. The first-order valence-electron chi connectivity index (χ1n) is 14.7. The van der Waals surface area contributed by atoms with Gasteiger partial charge in [-0.1, -0.05) is 0 Å². The van der Waals surface area contributed by atoms with Crippen molar-refractivity contribution in [3.8, 4) is 0 Å². The molecule has 1 unspecified atom stereocenters. The average Bonchev–Trinajstić information content (AvgIpc) is 3.27. The van der Waals surface area contributed by atoms with Gasteiger partial charge in [0.2, 0.25) is 0 Å². The van der Waals surface area contributed by atoms with Crippen molar-refractivity contribution in [2.24, 2.45) is 28.7 Å². The Morgan fingerprint density at radius 3 is 1.66 bits per heavy atom. The van der Waals surface area contributed by atoms with E-state index < -0.39 is 123 Å². The minimum Gasteiger partial charge on any atom is -0.394 e. The van der Waals surface area contributed by atoms with Crippen molar-refractivity contribution >= 4 is 0 Å². The van der Waals surface area contributed by atoms with Crippen molar-refractivity contribution in [2.45, 2.75) is 123 Å². The summed E-state index contributed by atoms with van der Waals surface area (Å²) < 4.78 is 35.1. The number of hydrogen-bond acceptors (Lipinski definition) is 19. The molecule has 19 nitrogen and oxygen atoms in total. The fourth-order valence-corrected chi connectivity index (χ4v) is 6.06. The third-order valence-corrected chi connectivity index (χ3v) is 8.68. The number of likely N-dealkylation sites (N-methyl/N-ethyl adjacent to an activating group) is 1. The molecule has 3 aliphatic heterocycles. The minimum absolute atomic E-state index is 0.104. The van der Waals surface area contributed by atoms with Gasteiger partial charge in [-0.15, -0.1) is 0 Å². The molecule has 258 valence electrons. The molecule has 3 saturated heterocycles. The first-order valence-corrected chi connectivity index (χ1v) is 14.7. The number of nitrogens with two attached hydrogens (primary N) is 5. The van der Waals surface area contributed by atoms with Gasteiger partial charge in [0, 0.05) is 25.2 Å². The molecule has 17 N–H and O–H groups in total. The summed E-state index contributed by atoms with van der Waals surface area (Å²) >= 11 is 0. The van der Waals surface area contributed by atoms with Crippen LogP contribution in [-0.4, -0.2) is 191 Å². The van der Waals surface area contributed by atoms with E-state index in [1.807, 2.05) is 0 Å². The van der Waals surface area contributed by atoms with Crippen LogP contribution in [0.2, 0.25) is 0 Å². The van der Waals surface area contributed by atoms with Crippen LogP contribution in [0, 0.1) is 0 Å². The summed E-state index contributed by atoms with van der Waals surface area (Å²) in [6, 6.07) is -4.13. The van der Waals surface area contributed by atoms with Gasteiger partial charge in [0.1, 0.15) is 67.1 Å². The third kappa shape index (κ3) is 7.36. The highest BCUT2D eigenvalue weighted by Crippen LogP contribution is 2.34. The summed E-state index contributed by atoms with van der Waals surface area (Å²) in [5.74, 6) is 0. The molecule has 4 aliphatic rings. The zero-order chi connectivity index (χ0) is 32.6. The number of aliphatic hydroxyl groups is 7. The lowest BCUT2D eigenvalue weighted by atomic mass is 9.84. The standard InChI is InChI=1S/C25H50N6O13/c1-31(2)5-10-16(35)18(37)13(30)24(40-10)42-20-8(28)3-7(27)14(33)22(20)44-25-19(38)21(11(6-32)41-25)43-23-12(29)17(36)15(34)9(4-26)39-23/h7-25,32-38H,3-6,26-30H2,1-2H3/t7-,8+,9?,10-,11-,12-,13-,14+,15-,16-,17-,18-,19-,20-,21-,22-,23-,24-,25+/m1/s1. The summed E-state index contributed by atoms with van der Waals surface area (Å²) in [6.45, 7) is -0.567. The quantitative estimate of drug-likeness (QED) is 0.105. The Bertz CT molecular complexity index is 915. The fraction of sp³-hybridized carbons (Fsp3) is 1.00. The van der Waals surface area contributed by atoms with E-state index in [1.54, 1.807) is 19.0 Å². The smallest absolute Gasteiger partial charge is 0.187 e. The maximum Gasteiger partial charge on any atom is 0.187 e. The lowest BCUT2D eigenvalue weighted by Gasteiger charge is -2.47. The van der Waals surface area contributed by atoms with Gasteiger partial charge in [0.15, 0.2) is 18.9 Å². The SMILES string of the molecule is CN(C)C[C@H]1O[C@H](O[C@H]2[C@H](O[C@@H]3O[C@H](CO)[C@@H](O[C@H]4OC(CN)[C@@H](O)[C@H](O)[C@H]4N)[C@H]3O)[C@@H](O)[C@H](N)C[C@@H]2N)[C@H](N)[C@@H](O)[C@@H]1O. The highest BCUT2D eigenvalue weighted by Gasteiger charge is 2.54. The average molecular weight is 643 g/mol. The summed E-state index contributed by atoms with van der Waals surface area (Å²) in [5.41, 5.74) is 30.3. The first kappa shape index (κ1) is 36.1. The molecule has 1 aliphatic carbocycles. The van der Waals surface area contributed by atoms with Crippen LogP contribution in [-0.2, 0) is 28.4 Å². The van der Waals surface area contributed by atoms with Gasteiger partial charge < -0.3 is 97.7 Å². The van der Waals surface area contributed by atoms with E-state index in [0.29, 0.717) is 0 Å². The van der Waals surface area contributed by atoms with Gasteiger partial charge in [-0.2, -0.15) is 0 Å². The molecule has 1 saturated carbocycles. The molecule has 0 aromatic carbocycles. The van der Waals surface area contributed by atoms with E-state index >= 15 is 0 Å². The molecule has 4 rings (SSSR count). The molecule has 0 bridgehead atoms. The number of hydrogen-bond donors (Lipinski definition) is 12. The second kappa shape index (κ2) is 15.0. The predicted octanol–water partition coefficient (Wildman–Crippen LogP) is -8.29. The van der Waals surface area contributed by atoms with Crippen molar-refractivity contribution in [2.75, 3.05) is 33.8 Å². The summed E-state index contributed by atoms with van der Waals surface area (Å²) in [6.07, 6.45) is -19.4. The molecule has 4 fully saturated rings. The molecule has 19 atom stereocenters. The maximum atomic E-state index is 11.2. The van der Waals surface area contributed by atoms with Crippen LogP contribution in [0.1, 0.15) is 6.42 Å². The number of aliphatic hydroxyl groups excluding tert-OH is 7. The van der Waals surface area contributed by atoms with E-state index in [9.17, 15) is 35.7 Å². The third-order valence-electron chi connectivity index (χ3n) is 8.68. The van der Waals surface area contributed by atoms with Crippen LogP contribution in [0.3, 0.4) is 0 Å². The second-order valence-corrected chi connectivity index (χ2v) is 12.3. The van der Waals surface area contributed by atoms with Crippen LogP contribution in [0.15, 0.2) is 0 Å². The molecule has 44 heavy (non-hydrogen) atoms. The molecule has 0 aromatic rings. The van der Waals surface area contributed by atoms with E-state index in [0.717, 1.165) is 0 Å². The normalized spacial score (nSPS) is 52.0. The highest BCUT2D eigenvalue weighted by atomic mass is 16.8. The Morgan fingerprint density at radius 1 is 0.614 bits per heavy atom. The van der Waals surface area contributed by atoms with Crippen molar-refractivity contribution in [3.63, 3.8) is 0 Å². The molecular weight excluding hydrogens is 592 g/mol. The van der Waals surface area contributed by atoms with E-state index in [2.05, 4.69) is 0 Å². The Morgan fingerprint density at radius 2 is 1.11 bits per heavy atom. The van der Waals surface area contributed by atoms with Crippen LogP contribution in [0.25, 0.3) is 0 Å². The molecule has 19 heteroatoms. The van der Waals surface area contributed by atoms with Gasteiger partial charge in [-0.3, -0.25) is 0 Å². The highest BCUT2D eigenvalue weighted by molar-refractivity contribution is 5.02. The van der Waals surface area contributed by atoms with Gasteiger partial charge in [-0.05, 0) is 20.5 Å². The molecule has 0 aromatic heterocycles. The number of nitrogens with zero attached hydrogens (tertiary/aromatic N) is 1. The van der Waals surface area contributed by atoms with Gasteiger partial charge in [-0.25, -0.2) is 0 Å². The Kier molecular flexibility index (Phi) is 12.3. The maximum absolute atomic E-state index is 11.2. The number of rotatable bonds is 10. The Labute approximate surface area is 254 Å². The van der Waals surface area contributed by atoms with Gasteiger partial charge >= 0.3 is 0 Å². The van der Waals surface area contributed by atoms with Crippen molar-refractivity contribution in [1.82, 2.24) is 4.90 Å². The summed E-state index contributed by atoms with van der Waals surface area (Å²) in [4.78, 5) is 1.74. The number of ether oxygens (including phenoxy) is 6. The molecule has 0 radical (unpaired) electrons. The zero-order valence-corrected chi connectivity index (χ0v) is 24.7. The van der Waals surface area contributed by atoms with Crippen LogP contribution < -0.4 is 28.7 Å². The van der Waals surface area contributed by atoms with Crippen LogP contribution in [0.4, 0.5) is 0 Å². The lowest BCUT2D eigenvalue weighted by Crippen LogP contribution is -2.68. The van der Waals surface area contributed by atoms with E-state index in [4.69, 9.17) is 57.1 Å². The summed E-state index contributed by atoms with van der Waals surface area (Å²) in [5, 5.41) is 73.8. The molecular formula is C25H50N6O13.